The Morgan fingerprint density at radius 2 is 2.21 bits per heavy atom. The summed E-state index contributed by atoms with van der Waals surface area (Å²) in [5, 5.41) is 22.5. The highest BCUT2D eigenvalue weighted by Gasteiger charge is 2.12. The third-order valence-corrected chi connectivity index (χ3v) is 3.10. The van der Waals surface area contributed by atoms with Crippen LogP contribution in [0.3, 0.4) is 0 Å². The van der Waals surface area contributed by atoms with Gasteiger partial charge in [-0.2, -0.15) is 0 Å². The smallest absolute Gasteiger partial charge is 0.288 e. The van der Waals surface area contributed by atoms with Crippen LogP contribution in [0.25, 0.3) is 0 Å². The number of rotatable bonds is 6. The van der Waals surface area contributed by atoms with Crippen molar-refractivity contribution in [2.75, 3.05) is 6.54 Å². The van der Waals surface area contributed by atoms with Crippen molar-refractivity contribution in [2.45, 2.75) is 20.0 Å². The van der Waals surface area contributed by atoms with E-state index in [4.69, 9.17) is 4.74 Å². The molecule has 0 bridgehead atoms. The van der Waals surface area contributed by atoms with Gasteiger partial charge in [0.1, 0.15) is 11.9 Å². The predicted molar refractivity (Wildman–Crippen MR) is 86.2 cm³/mol. The van der Waals surface area contributed by atoms with E-state index in [0.29, 0.717) is 16.9 Å². The lowest BCUT2D eigenvalue weighted by molar-refractivity contribution is -0.385. The largest absolute Gasteiger partial charge is 0.439 e. The van der Waals surface area contributed by atoms with Crippen LogP contribution in [-0.2, 0) is 0 Å². The molecule has 1 heterocycles. The van der Waals surface area contributed by atoms with Gasteiger partial charge in [-0.25, -0.2) is 4.98 Å². The fraction of sp³-hybridized carbons (Fsp3) is 0.250. The lowest BCUT2D eigenvalue weighted by Crippen LogP contribution is -2.30. The summed E-state index contributed by atoms with van der Waals surface area (Å²) in [4.78, 5) is 26.1. The zero-order chi connectivity index (χ0) is 17.7. The van der Waals surface area contributed by atoms with Gasteiger partial charge in [-0.05, 0) is 32.0 Å². The number of aromatic nitrogens is 1. The van der Waals surface area contributed by atoms with Crippen LogP contribution >= 0.6 is 0 Å². The Labute approximate surface area is 138 Å². The van der Waals surface area contributed by atoms with Gasteiger partial charge >= 0.3 is 0 Å². The van der Waals surface area contributed by atoms with Crippen molar-refractivity contribution in [3.63, 3.8) is 0 Å². The lowest BCUT2D eigenvalue weighted by Gasteiger charge is -2.10. The Kier molecular flexibility index (Phi) is 5.43. The molecule has 1 atom stereocenters. The maximum Gasteiger partial charge on any atom is 0.288 e. The van der Waals surface area contributed by atoms with Crippen molar-refractivity contribution in [1.82, 2.24) is 10.3 Å². The molecule has 2 N–H and O–H groups in total. The Bertz CT molecular complexity index is 761. The average molecular weight is 331 g/mol. The number of nitrogens with one attached hydrogen (secondary N) is 1. The number of nitrogens with zero attached hydrogens (tertiary/aromatic N) is 2. The number of ether oxygens (including phenoxy) is 1. The van der Waals surface area contributed by atoms with Gasteiger partial charge in [0.25, 0.3) is 11.6 Å². The standard InChI is InChI=1S/C16H17N3O5/c1-10-6-13(19(22)23)9-18-16(10)24-14-5-3-4-12(7-14)15(21)17-8-11(2)20/h3-7,9,11,20H,8H2,1-2H3,(H,17,21). The second-order valence-electron chi connectivity index (χ2n) is 5.26. The molecule has 1 amide bonds. The number of hydrogen-bond donors (Lipinski definition) is 2. The summed E-state index contributed by atoms with van der Waals surface area (Å²) in [6, 6.07) is 7.79. The molecule has 0 aliphatic rings. The van der Waals surface area contributed by atoms with E-state index in [2.05, 4.69) is 10.3 Å². The van der Waals surface area contributed by atoms with E-state index in [1.165, 1.54) is 12.1 Å². The molecule has 1 aromatic heterocycles. The van der Waals surface area contributed by atoms with E-state index in [-0.39, 0.29) is 24.0 Å². The topological polar surface area (TPSA) is 115 Å². The summed E-state index contributed by atoms with van der Waals surface area (Å²) in [5.74, 6) is 0.265. The lowest BCUT2D eigenvalue weighted by atomic mass is 10.2. The first-order valence-electron chi connectivity index (χ1n) is 7.22. The van der Waals surface area contributed by atoms with E-state index >= 15 is 0 Å². The van der Waals surface area contributed by atoms with E-state index < -0.39 is 11.0 Å². The molecule has 0 saturated carbocycles. The summed E-state index contributed by atoms with van der Waals surface area (Å²) < 4.78 is 5.60. The number of aryl methyl sites for hydroxylation is 1. The van der Waals surface area contributed by atoms with E-state index in [9.17, 15) is 20.0 Å². The Morgan fingerprint density at radius 3 is 2.83 bits per heavy atom. The van der Waals surface area contributed by atoms with Crippen molar-refractivity contribution in [3.05, 3.63) is 57.8 Å². The molecule has 0 saturated heterocycles. The summed E-state index contributed by atoms with van der Waals surface area (Å²) in [6.07, 6.45) is 0.474. The molecule has 8 heteroatoms. The zero-order valence-corrected chi connectivity index (χ0v) is 13.2. The maximum absolute atomic E-state index is 12.0. The Balaban J connectivity index is 2.15. The molecule has 8 nitrogen and oxygen atoms in total. The van der Waals surface area contributed by atoms with Crippen molar-refractivity contribution < 1.29 is 19.6 Å². The quantitative estimate of drug-likeness (QED) is 0.619. The van der Waals surface area contributed by atoms with E-state index in [0.717, 1.165) is 6.20 Å². The minimum atomic E-state index is -0.639. The fourth-order valence-corrected chi connectivity index (χ4v) is 1.91. The molecule has 0 radical (unpaired) electrons. The third-order valence-electron chi connectivity index (χ3n) is 3.10. The van der Waals surface area contributed by atoms with Crippen molar-refractivity contribution in [3.8, 4) is 11.6 Å². The number of carbonyl (C=O) groups is 1. The second-order valence-corrected chi connectivity index (χ2v) is 5.26. The monoisotopic (exact) mass is 331 g/mol. The molecule has 1 aromatic carbocycles. The summed E-state index contributed by atoms with van der Waals surface area (Å²) in [5.41, 5.74) is 0.756. The molecule has 24 heavy (non-hydrogen) atoms. The zero-order valence-electron chi connectivity index (χ0n) is 13.2. The van der Waals surface area contributed by atoms with E-state index in [1.54, 1.807) is 32.0 Å². The van der Waals surface area contributed by atoms with Crippen molar-refractivity contribution in [1.29, 1.82) is 0 Å². The summed E-state index contributed by atoms with van der Waals surface area (Å²) in [7, 11) is 0. The number of aliphatic hydroxyl groups excluding tert-OH is 1. The number of pyridine rings is 1. The first-order chi connectivity index (χ1) is 11.4. The van der Waals surface area contributed by atoms with Gasteiger partial charge in [-0.15, -0.1) is 0 Å². The predicted octanol–water partition coefficient (Wildman–Crippen LogP) is 2.20. The summed E-state index contributed by atoms with van der Waals surface area (Å²) in [6.45, 7) is 3.37. The van der Waals surface area contributed by atoms with Gasteiger partial charge in [0.2, 0.25) is 5.88 Å². The average Bonchev–Trinajstić information content (AvgIpc) is 2.54. The minimum Gasteiger partial charge on any atom is -0.439 e. The molecule has 126 valence electrons. The van der Waals surface area contributed by atoms with Gasteiger partial charge in [0.05, 0.1) is 11.0 Å². The normalized spacial score (nSPS) is 11.6. The van der Waals surface area contributed by atoms with Gasteiger partial charge in [-0.1, -0.05) is 6.07 Å². The van der Waals surface area contributed by atoms with Gasteiger partial charge in [-0.3, -0.25) is 14.9 Å². The van der Waals surface area contributed by atoms with Crippen LogP contribution in [0.15, 0.2) is 36.5 Å². The van der Waals surface area contributed by atoms with Crippen LogP contribution < -0.4 is 10.1 Å². The van der Waals surface area contributed by atoms with Crippen LogP contribution in [0, 0.1) is 17.0 Å². The summed E-state index contributed by atoms with van der Waals surface area (Å²) >= 11 is 0. The van der Waals surface area contributed by atoms with Gasteiger partial charge in [0, 0.05) is 23.7 Å². The first kappa shape index (κ1) is 17.4. The van der Waals surface area contributed by atoms with Crippen molar-refractivity contribution >= 4 is 11.6 Å². The molecule has 0 aliphatic heterocycles. The van der Waals surface area contributed by atoms with Crippen molar-refractivity contribution in [2.24, 2.45) is 0 Å². The van der Waals surface area contributed by atoms with Crippen LogP contribution in [0.4, 0.5) is 5.69 Å². The molecule has 1 unspecified atom stereocenters. The number of nitro groups is 1. The minimum absolute atomic E-state index is 0.119. The molecular formula is C16H17N3O5. The molecule has 2 aromatic rings. The fourth-order valence-electron chi connectivity index (χ4n) is 1.91. The number of aliphatic hydroxyl groups is 1. The van der Waals surface area contributed by atoms with Crippen LogP contribution in [-0.4, -0.2) is 33.6 Å². The Morgan fingerprint density at radius 1 is 1.46 bits per heavy atom. The van der Waals surface area contributed by atoms with E-state index in [1.807, 2.05) is 0 Å². The van der Waals surface area contributed by atoms with Crippen LogP contribution in [0.5, 0.6) is 11.6 Å². The first-order valence-corrected chi connectivity index (χ1v) is 7.22. The molecular weight excluding hydrogens is 314 g/mol. The van der Waals surface area contributed by atoms with Gasteiger partial charge in [0.15, 0.2) is 0 Å². The highest BCUT2D eigenvalue weighted by Crippen LogP contribution is 2.25. The maximum atomic E-state index is 12.0. The second kappa shape index (κ2) is 7.51. The van der Waals surface area contributed by atoms with Crippen LogP contribution in [0.2, 0.25) is 0 Å². The molecule has 0 fully saturated rings. The highest BCUT2D eigenvalue weighted by atomic mass is 16.6. The number of hydrogen-bond acceptors (Lipinski definition) is 6. The molecule has 2 rings (SSSR count). The third kappa shape index (κ3) is 4.50. The number of amides is 1. The number of carbonyl (C=O) groups excluding carboxylic acids is 1. The molecule has 0 aliphatic carbocycles. The molecule has 0 spiro atoms. The SMILES string of the molecule is Cc1cc([N+](=O)[O-])cnc1Oc1cccc(C(=O)NCC(C)O)c1. The number of benzene rings is 1. The highest BCUT2D eigenvalue weighted by molar-refractivity contribution is 5.94. The van der Waals surface area contributed by atoms with Gasteiger partial charge < -0.3 is 15.2 Å². The Hall–Kier alpha value is -3.00. The van der Waals surface area contributed by atoms with Crippen LogP contribution in [0.1, 0.15) is 22.8 Å².